The second kappa shape index (κ2) is 10.1. The van der Waals surface area contributed by atoms with Gasteiger partial charge in [0.2, 0.25) is 5.91 Å². The van der Waals surface area contributed by atoms with Crippen molar-refractivity contribution < 1.29 is 9.59 Å². The molecule has 0 unspecified atom stereocenters. The van der Waals surface area contributed by atoms with Crippen molar-refractivity contribution >= 4 is 65.2 Å². The van der Waals surface area contributed by atoms with Gasteiger partial charge in [0.15, 0.2) is 0 Å². The second-order valence-electron chi connectivity index (χ2n) is 6.71. The lowest BCUT2D eigenvalue weighted by molar-refractivity contribution is -0.117. The van der Waals surface area contributed by atoms with Gasteiger partial charge in [-0.1, -0.05) is 23.9 Å². The van der Waals surface area contributed by atoms with Crippen LogP contribution in [0.2, 0.25) is 0 Å². The molecule has 2 amide bonds. The number of fused-ring (bicyclic) bond motifs is 1. The van der Waals surface area contributed by atoms with Crippen LogP contribution in [0.4, 0.5) is 5.69 Å². The van der Waals surface area contributed by atoms with Gasteiger partial charge in [-0.15, -0.1) is 23.7 Å². The van der Waals surface area contributed by atoms with E-state index in [1.54, 1.807) is 17.4 Å². The molecule has 0 saturated carbocycles. The van der Waals surface area contributed by atoms with Crippen LogP contribution in [0.15, 0.2) is 51.6 Å². The van der Waals surface area contributed by atoms with Crippen molar-refractivity contribution in [1.82, 2.24) is 10.6 Å². The molecule has 3 heterocycles. The maximum atomic E-state index is 12.3. The Morgan fingerprint density at radius 1 is 1.21 bits per heavy atom. The van der Waals surface area contributed by atoms with Crippen LogP contribution in [0, 0.1) is 0 Å². The zero-order valence-electron chi connectivity index (χ0n) is 15.6. The number of halogens is 1. The van der Waals surface area contributed by atoms with Gasteiger partial charge in [-0.05, 0) is 67.2 Å². The highest BCUT2D eigenvalue weighted by Crippen LogP contribution is 2.39. The van der Waals surface area contributed by atoms with Crippen molar-refractivity contribution in [2.24, 2.45) is 0 Å². The largest absolute Gasteiger partial charge is 0.350 e. The number of hydrogen-bond acceptors (Lipinski definition) is 5. The van der Waals surface area contributed by atoms with Crippen molar-refractivity contribution in [3.05, 3.63) is 57.1 Å². The molecule has 2 aromatic rings. The van der Waals surface area contributed by atoms with E-state index < -0.39 is 0 Å². The standard InChI is InChI=1S/C21H21N3O2S2.ClH/c25-20(23-15-7-9-22-10-8-15)6-5-14-11-16(27-13-14)12-19-21(26)24-17-3-1-2-4-18(17)28-19;/h1-6,11-13,15,22H,7-10H2,(H,23,25)(H,24,26);1H/b6-5+,19-12?;. The number of piperidine rings is 1. The van der Waals surface area contributed by atoms with E-state index in [0.717, 1.165) is 47.0 Å². The molecule has 0 radical (unpaired) electrons. The third-order valence-electron chi connectivity index (χ3n) is 4.61. The van der Waals surface area contributed by atoms with Crippen molar-refractivity contribution in [1.29, 1.82) is 0 Å². The molecule has 0 aliphatic carbocycles. The zero-order chi connectivity index (χ0) is 19.3. The lowest BCUT2D eigenvalue weighted by Crippen LogP contribution is -2.42. The van der Waals surface area contributed by atoms with Crippen molar-refractivity contribution in [3.63, 3.8) is 0 Å². The van der Waals surface area contributed by atoms with E-state index in [1.165, 1.54) is 11.8 Å². The molecule has 1 aromatic carbocycles. The quantitative estimate of drug-likeness (QED) is 0.616. The van der Waals surface area contributed by atoms with E-state index in [1.807, 2.05) is 47.9 Å². The monoisotopic (exact) mass is 447 g/mol. The van der Waals surface area contributed by atoms with Crippen LogP contribution in [0.1, 0.15) is 23.3 Å². The topological polar surface area (TPSA) is 70.2 Å². The summed E-state index contributed by atoms with van der Waals surface area (Å²) in [6.45, 7) is 1.90. The molecule has 1 saturated heterocycles. The van der Waals surface area contributed by atoms with Crippen LogP contribution < -0.4 is 16.0 Å². The first-order valence-corrected chi connectivity index (χ1v) is 10.9. The first-order chi connectivity index (χ1) is 13.7. The molecule has 5 nitrogen and oxygen atoms in total. The molecular weight excluding hydrogens is 426 g/mol. The Morgan fingerprint density at radius 3 is 2.83 bits per heavy atom. The van der Waals surface area contributed by atoms with Gasteiger partial charge in [-0.3, -0.25) is 9.59 Å². The molecule has 1 fully saturated rings. The predicted octanol–water partition coefficient (Wildman–Crippen LogP) is 4.14. The van der Waals surface area contributed by atoms with Crippen LogP contribution in [-0.4, -0.2) is 30.9 Å². The molecule has 8 heteroatoms. The SMILES string of the molecule is Cl.O=C(/C=C/c1csc(C=C2Sc3ccccc3NC2=O)c1)NC1CCNCC1. The fourth-order valence-electron chi connectivity index (χ4n) is 3.15. The molecule has 3 N–H and O–H groups in total. The van der Waals surface area contributed by atoms with Gasteiger partial charge in [0.1, 0.15) is 0 Å². The van der Waals surface area contributed by atoms with E-state index in [9.17, 15) is 9.59 Å². The number of thioether (sulfide) groups is 1. The number of anilines is 1. The molecule has 0 bridgehead atoms. The third-order valence-corrected chi connectivity index (χ3v) is 6.60. The Hall–Kier alpha value is -2.06. The maximum Gasteiger partial charge on any atom is 0.262 e. The van der Waals surface area contributed by atoms with E-state index in [-0.39, 0.29) is 30.3 Å². The molecule has 1 aromatic heterocycles. The van der Waals surface area contributed by atoms with Crippen molar-refractivity contribution in [2.75, 3.05) is 18.4 Å². The lowest BCUT2D eigenvalue weighted by Gasteiger charge is -2.22. The molecule has 152 valence electrons. The van der Waals surface area contributed by atoms with E-state index in [4.69, 9.17) is 0 Å². The fourth-order valence-corrected chi connectivity index (χ4v) is 4.98. The van der Waals surface area contributed by atoms with Crippen LogP contribution in [-0.2, 0) is 9.59 Å². The highest BCUT2D eigenvalue weighted by Gasteiger charge is 2.20. The highest BCUT2D eigenvalue weighted by atomic mass is 35.5. The summed E-state index contributed by atoms with van der Waals surface area (Å²) in [4.78, 5) is 27.1. The lowest BCUT2D eigenvalue weighted by atomic mass is 10.1. The number of carbonyl (C=O) groups excluding carboxylic acids is 2. The number of rotatable bonds is 4. The summed E-state index contributed by atoms with van der Waals surface area (Å²) in [7, 11) is 0. The Labute approximate surface area is 184 Å². The summed E-state index contributed by atoms with van der Waals surface area (Å²) in [5.74, 6) is -0.146. The Morgan fingerprint density at radius 2 is 2.00 bits per heavy atom. The fraction of sp³-hybridized carbons (Fsp3) is 0.238. The summed E-state index contributed by atoms with van der Waals surface area (Å²) in [5, 5.41) is 11.2. The van der Waals surface area contributed by atoms with Gasteiger partial charge in [0.25, 0.3) is 5.91 Å². The first kappa shape index (κ1) is 21.6. The van der Waals surface area contributed by atoms with Crippen LogP contribution in [0.5, 0.6) is 0 Å². The normalized spacial score (nSPS) is 18.2. The summed E-state index contributed by atoms with van der Waals surface area (Å²) in [6, 6.07) is 10.0. The highest BCUT2D eigenvalue weighted by molar-refractivity contribution is 8.04. The number of thiophene rings is 1. The maximum absolute atomic E-state index is 12.3. The minimum atomic E-state index is -0.0875. The van der Waals surface area contributed by atoms with E-state index >= 15 is 0 Å². The van der Waals surface area contributed by atoms with Crippen LogP contribution >= 0.6 is 35.5 Å². The second-order valence-corrected chi connectivity index (χ2v) is 8.74. The number of carbonyl (C=O) groups is 2. The number of benzene rings is 1. The molecule has 0 atom stereocenters. The van der Waals surface area contributed by atoms with Gasteiger partial charge in [0, 0.05) is 21.9 Å². The summed E-state index contributed by atoms with van der Waals surface area (Å²) >= 11 is 3.03. The average molecular weight is 448 g/mol. The third kappa shape index (κ3) is 5.73. The molecule has 2 aliphatic rings. The first-order valence-electron chi connectivity index (χ1n) is 9.25. The van der Waals surface area contributed by atoms with Crippen molar-refractivity contribution in [2.45, 2.75) is 23.8 Å². The predicted molar refractivity (Wildman–Crippen MR) is 124 cm³/mol. The molecule has 2 aliphatic heterocycles. The Bertz CT molecular complexity index is 949. The van der Waals surface area contributed by atoms with Crippen LogP contribution in [0.3, 0.4) is 0 Å². The minimum Gasteiger partial charge on any atom is -0.350 e. The molecule has 29 heavy (non-hydrogen) atoms. The minimum absolute atomic E-state index is 0. The van der Waals surface area contributed by atoms with Crippen molar-refractivity contribution in [3.8, 4) is 0 Å². The smallest absolute Gasteiger partial charge is 0.262 e. The zero-order valence-corrected chi connectivity index (χ0v) is 18.1. The van der Waals surface area contributed by atoms with Gasteiger partial charge in [-0.25, -0.2) is 0 Å². The van der Waals surface area contributed by atoms with Gasteiger partial charge >= 0.3 is 0 Å². The average Bonchev–Trinajstić information content (AvgIpc) is 3.15. The Balaban J connectivity index is 0.00000240. The molecule has 4 rings (SSSR count). The summed E-state index contributed by atoms with van der Waals surface area (Å²) in [5.41, 5.74) is 1.81. The van der Waals surface area contributed by atoms with Crippen LogP contribution in [0.25, 0.3) is 12.2 Å². The number of hydrogen-bond donors (Lipinski definition) is 3. The number of nitrogens with one attached hydrogen (secondary N) is 3. The summed E-state index contributed by atoms with van der Waals surface area (Å²) < 4.78 is 0. The van der Waals surface area contributed by atoms with Gasteiger partial charge in [-0.2, -0.15) is 0 Å². The summed E-state index contributed by atoms with van der Waals surface area (Å²) in [6.07, 6.45) is 7.24. The Kier molecular flexibility index (Phi) is 7.55. The van der Waals surface area contributed by atoms with Gasteiger partial charge < -0.3 is 16.0 Å². The van der Waals surface area contributed by atoms with E-state index in [2.05, 4.69) is 16.0 Å². The molecular formula is C21H22ClN3O2S2. The number of amides is 2. The molecule has 0 spiro atoms. The van der Waals surface area contributed by atoms with E-state index in [0.29, 0.717) is 4.91 Å². The number of para-hydroxylation sites is 1. The van der Waals surface area contributed by atoms with Gasteiger partial charge in [0.05, 0.1) is 10.6 Å².